The molecule has 9 nitrogen and oxygen atoms in total. The SMILES string of the molecule is CCN(CC)C1CCN(c2ccc(-n3ncc4c(Nc5cc(NC(=O)c6cccc(C(F)(F)F)c6)ccc5C)ncnc43)cc2)CC1. The summed E-state index contributed by atoms with van der Waals surface area (Å²) in [6.07, 6.45) is 0.944. The van der Waals surface area contributed by atoms with Crippen molar-refractivity contribution in [2.45, 2.75) is 45.8 Å². The van der Waals surface area contributed by atoms with Crippen LogP contribution in [-0.4, -0.2) is 62.8 Å². The molecule has 0 radical (unpaired) electrons. The van der Waals surface area contributed by atoms with E-state index in [0.717, 1.165) is 62.4 Å². The maximum absolute atomic E-state index is 13.1. The number of anilines is 4. The van der Waals surface area contributed by atoms with Crippen LogP contribution in [0.2, 0.25) is 0 Å². The fourth-order valence-corrected chi connectivity index (χ4v) is 6.17. The number of amides is 1. The normalized spacial score (nSPS) is 14.1. The molecule has 2 N–H and O–H groups in total. The van der Waals surface area contributed by atoms with Crippen molar-refractivity contribution in [2.75, 3.05) is 41.7 Å². The Morgan fingerprint density at radius 2 is 1.68 bits per heavy atom. The molecule has 244 valence electrons. The number of rotatable bonds is 9. The number of benzene rings is 3. The summed E-state index contributed by atoms with van der Waals surface area (Å²) in [4.78, 5) is 26.7. The summed E-state index contributed by atoms with van der Waals surface area (Å²) in [6.45, 7) is 10.6. The zero-order chi connectivity index (χ0) is 33.1. The summed E-state index contributed by atoms with van der Waals surface area (Å²) in [6, 6.07) is 18.5. The van der Waals surface area contributed by atoms with Gasteiger partial charge in [0.15, 0.2) is 5.65 Å². The van der Waals surface area contributed by atoms with Gasteiger partial charge >= 0.3 is 6.18 Å². The summed E-state index contributed by atoms with van der Waals surface area (Å²) in [5.74, 6) is -0.120. The molecule has 2 aromatic heterocycles. The lowest BCUT2D eigenvalue weighted by molar-refractivity contribution is -0.137. The minimum Gasteiger partial charge on any atom is -0.371 e. The van der Waals surface area contributed by atoms with Gasteiger partial charge in [-0.1, -0.05) is 26.0 Å². The average Bonchev–Trinajstić information content (AvgIpc) is 3.52. The molecule has 5 aromatic rings. The van der Waals surface area contributed by atoms with Gasteiger partial charge in [0, 0.05) is 41.8 Å². The van der Waals surface area contributed by atoms with Crippen molar-refractivity contribution in [2.24, 2.45) is 0 Å². The molecule has 1 fully saturated rings. The molecule has 3 heterocycles. The maximum Gasteiger partial charge on any atom is 0.416 e. The van der Waals surface area contributed by atoms with Gasteiger partial charge in [-0.05, 0) is 93.0 Å². The van der Waals surface area contributed by atoms with Crippen molar-refractivity contribution in [1.82, 2.24) is 24.6 Å². The van der Waals surface area contributed by atoms with Gasteiger partial charge in [-0.2, -0.15) is 18.3 Å². The summed E-state index contributed by atoms with van der Waals surface area (Å²) in [5, 5.41) is 11.3. The Hall–Kier alpha value is -4.97. The molecule has 0 atom stereocenters. The second-order valence-electron chi connectivity index (χ2n) is 11.7. The van der Waals surface area contributed by atoms with Crippen LogP contribution in [0.4, 0.5) is 36.1 Å². The third kappa shape index (κ3) is 6.92. The molecule has 1 saturated heterocycles. The number of aryl methyl sites for hydroxylation is 1. The van der Waals surface area contributed by atoms with E-state index in [4.69, 9.17) is 0 Å². The van der Waals surface area contributed by atoms with E-state index < -0.39 is 17.6 Å². The monoisotopic (exact) mass is 642 g/mol. The highest BCUT2D eigenvalue weighted by atomic mass is 19.4. The molecule has 47 heavy (non-hydrogen) atoms. The van der Waals surface area contributed by atoms with Crippen LogP contribution in [0.1, 0.15) is 48.2 Å². The van der Waals surface area contributed by atoms with Crippen LogP contribution in [-0.2, 0) is 6.18 Å². The molecular formula is C35H37F3N8O. The first-order chi connectivity index (χ1) is 22.6. The van der Waals surface area contributed by atoms with Crippen LogP contribution in [0.15, 0.2) is 79.3 Å². The third-order valence-corrected chi connectivity index (χ3v) is 8.82. The standard InChI is InChI=1S/C35H37F3N8O/c1-4-44(5-2)28-15-17-45(18-16-28)27-11-13-29(14-12-27)46-33-30(21-41-46)32(39-22-40-33)43-31-20-26(10-9-23(31)3)42-34(47)24-7-6-8-25(19-24)35(36,37)38/h6-14,19-22,28H,4-5,15-18H2,1-3H3,(H,42,47)(H,39,40,43). The molecule has 6 rings (SSSR count). The first-order valence-electron chi connectivity index (χ1n) is 15.8. The van der Waals surface area contributed by atoms with E-state index in [1.807, 2.05) is 19.1 Å². The van der Waals surface area contributed by atoms with E-state index >= 15 is 0 Å². The van der Waals surface area contributed by atoms with E-state index in [0.29, 0.717) is 34.3 Å². The van der Waals surface area contributed by atoms with Crippen molar-refractivity contribution < 1.29 is 18.0 Å². The molecular weight excluding hydrogens is 605 g/mol. The zero-order valence-corrected chi connectivity index (χ0v) is 26.6. The number of alkyl halides is 3. The maximum atomic E-state index is 13.1. The van der Waals surface area contributed by atoms with E-state index in [1.54, 1.807) is 29.1 Å². The van der Waals surface area contributed by atoms with Crippen LogP contribution in [0, 0.1) is 6.92 Å². The highest BCUT2D eigenvalue weighted by Crippen LogP contribution is 2.31. The molecule has 1 amide bonds. The van der Waals surface area contributed by atoms with Gasteiger partial charge in [-0.3, -0.25) is 4.79 Å². The average molecular weight is 643 g/mol. The lowest BCUT2D eigenvalue weighted by atomic mass is 10.0. The number of piperidine rings is 1. The van der Waals surface area contributed by atoms with Crippen LogP contribution in [0.25, 0.3) is 16.7 Å². The van der Waals surface area contributed by atoms with Crippen molar-refractivity contribution in [3.05, 3.63) is 95.9 Å². The summed E-state index contributed by atoms with van der Waals surface area (Å²) >= 11 is 0. The summed E-state index contributed by atoms with van der Waals surface area (Å²) < 4.78 is 41.2. The number of nitrogens with one attached hydrogen (secondary N) is 2. The predicted molar refractivity (Wildman–Crippen MR) is 179 cm³/mol. The van der Waals surface area contributed by atoms with Crippen molar-refractivity contribution >= 4 is 39.8 Å². The molecule has 0 unspecified atom stereocenters. The van der Waals surface area contributed by atoms with Gasteiger partial charge in [-0.25, -0.2) is 14.6 Å². The largest absolute Gasteiger partial charge is 0.416 e. The minimum atomic E-state index is -4.54. The Morgan fingerprint density at radius 3 is 2.38 bits per heavy atom. The summed E-state index contributed by atoms with van der Waals surface area (Å²) in [5.41, 5.74) is 3.67. The topological polar surface area (TPSA) is 91.2 Å². The second kappa shape index (κ2) is 13.4. The first-order valence-corrected chi connectivity index (χ1v) is 15.8. The highest BCUT2D eigenvalue weighted by Gasteiger charge is 2.31. The van der Waals surface area contributed by atoms with Crippen molar-refractivity contribution in [3.8, 4) is 5.69 Å². The Labute approximate surface area is 271 Å². The highest BCUT2D eigenvalue weighted by molar-refractivity contribution is 6.04. The Morgan fingerprint density at radius 1 is 0.957 bits per heavy atom. The first kappa shape index (κ1) is 32.0. The van der Waals surface area contributed by atoms with Crippen molar-refractivity contribution in [1.29, 1.82) is 0 Å². The van der Waals surface area contributed by atoms with Gasteiger partial charge in [0.05, 0.1) is 22.8 Å². The number of nitrogens with zero attached hydrogens (tertiary/aromatic N) is 6. The predicted octanol–water partition coefficient (Wildman–Crippen LogP) is 7.45. The van der Waals surface area contributed by atoms with Crippen LogP contribution in [0.5, 0.6) is 0 Å². The van der Waals surface area contributed by atoms with Gasteiger partial charge in [0.25, 0.3) is 5.91 Å². The van der Waals surface area contributed by atoms with E-state index in [1.165, 1.54) is 24.1 Å². The second-order valence-corrected chi connectivity index (χ2v) is 11.7. The van der Waals surface area contributed by atoms with Crippen LogP contribution >= 0.6 is 0 Å². The molecule has 0 bridgehead atoms. The number of hydrogen-bond acceptors (Lipinski definition) is 7. The van der Waals surface area contributed by atoms with E-state index in [2.05, 4.69) is 61.5 Å². The Balaban J connectivity index is 1.17. The molecule has 3 aromatic carbocycles. The van der Waals surface area contributed by atoms with Gasteiger partial charge < -0.3 is 20.4 Å². The quantitative estimate of drug-likeness (QED) is 0.173. The fraction of sp³-hybridized carbons (Fsp3) is 0.314. The summed E-state index contributed by atoms with van der Waals surface area (Å²) in [7, 11) is 0. The lowest BCUT2D eigenvalue weighted by Crippen LogP contribution is -2.44. The molecule has 0 spiro atoms. The smallest absolute Gasteiger partial charge is 0.371 e. The van der Waals surface area contributed by atoms with Crippen LogP contribution < -0.4 is 15.5 Å². The zero-order valence-electron chi connectivity index (χ0n) is 26.6. The molecule has 1 aliphatic rings. The number of aromatic nitrogens is 4. The third-order valence-electron chi connectivity index (χ3n) is 8.82. The van der Waals surface area contributed by atoms with Gasteiger partial charge in [0.2, 0.25) is 0 Å². The van der Waals surface area contributed by atoms with Gasteiger partial charge in [-0.15, -0.1) is 0 Å². The Bertz CT molecular complexity index is 1860. The van der Waals surface area contributed by atoms with Crippen LogP contribution in [0.3, 0.4) is 0 Å². The van der Waals surface area contributed by atoms with Gasteiger partial charge in [0.1, 0.15) is 12.1 Å². The number of hydrogen-bond donors (Lipinski definition) is 2. The molecule has 12 heteroatoms. The van der Waals surface area contributed by atoms with E-state index in [-0.39, 0.29) is 5.56 Å². The molecule has 0 saturated carbocycles. The number of fused-ring (bicyclic) bond motifs is 1. The number of carbonyl (C=O) groups excluding carboxylic acids is 1. The Kier molecular flexibility index (Phi) is 9.12. The van der Waals surface area contributed by atoms with Crippen molar-refractivity contribution in [3.63, 3.8) is 0 Å². The number of carbonyl (C=O) groups is 1. The molecule has 1 aliphatic heterocycles. The number of halogens is 3. The fourth-order valence-electron chi connectivity index (χ4n) is 6.17. The van der Waals surface area contributed by atoms with E-state index in [9.17, 15) is 18.0 Å². The molecule has 0 aliphatic carbocycles. The lowest BCUT2D eigenvalue weighted by Gasteiger charge is -2.38. The minimum absolute atomic E-state index is 0.0901.